The normalized spacial score (nSPS) is 10.2. The lowest BCUT2D eigenvalue weighted by atomic mass is 10.1. The Labute approximate surface area is 112 Å². The van der Waals surface area contributed by atoms with Gasteiger partial charge in [0, 0.05) is 5.56 Å². The van der Waals surface area contributed by atoms with Crippen LogP contribution in [0.3, 0.4) is 0 Å². The number of benzene rings is 2. The van der Waals surface area contributed by atoms with Crippen molar-refractivity contribution >= 4 is 5.97 Å². The molecule has 0 amide bonds. The predicted octanol–water partition coefficient (Wildman–Crippen LogP) is 3.58. The fourth-order valence-corrected chi connectivity index (χ4v) is 1.88. The Morgan fingerprint density at radius 1 is 1.11 bits per heavy atom. The molecular formula is C16H16O3. The van der Waals surface area contributed by atoms with Crippen molar-refractivity contribution in [2.24, 2.45) is 0 Å². The van der Waals surface area contributed by atoms with Crippen LogP contribution in [0, 0.1) is 13.8 Å². The summed E-state index contributed by atoms with van der Waals surface area (Å²) in [5, 5.41) is 9.18. The van der Waals surface area contributed by atoms with Crippen molar-refractivity contribution in [3.05, 3.63) is 64.7 Å². The molecule has 0 heterocycles. The molecule has 0 saturated heterocycles. The van der Waals surface area contributed by atoms with E-state index in [2.05, 4.69) is 0 Å². The van der Waals surface area contributed by atoms with Gasteiger partial charge in [-0.3, -0.25) is 0 Å². The van der Waals surface area contributed by atoms with Gasteiger partial charge in [0.2, 0.25) is 0 Å². The first-order valence-electron chi connectivity index (χ1n) is 6.08. The van der Waals surface area contributed by atoms with Gasteiger partial charge in [0.05, 0.1) is 5.56 Å². The largest absolute Gasteiger partial charge is 0.489 e. The van der Waals surface area contributed by atoms with Crippen LogP contribution in [0.5, 0.6) is 5.75 Å². The van der Waals surface area contributed by atoms with Crippen LogP contribution in [0.1, 0.15) is 27.0 Å². The lowest BCUT2D eigenvalue weighted by molar-refractivity contribution is 0.0694. The Balaban J connectivity index is 2.17. The summed E-state index contributed by atoms with van der Waals surface area (Å²) in [4.78, 5) is 11.2. The van der Waals surface area contributed by atoms with Crippen molar-refractivity contribution in [2.75, 3.05) is 0 Å². The zero-order valence-corrected chi connectivity index (χ0v) is 11.0. The molecule has 2 aromatic rings. The van der Waals surface area contributed by atoms with Gasteiger partial charge in [0.25, 0.3) is 0 Å². The third-order valence-electron chi connectivity index (χ3n) is 2.88. The van der Waals surface area contributed by atoms with Crippen LogP contribution in [-0.4, -0.2) is 11.1 Å². The second-order valence-electron chi connectivity index (χ2n) is 4.57. The van der Waals surface area contributed by atoms with E-state index in [4.69, 9.17) is 4.74 Å². The van der Waals surface area contributed by atoms with Crippen molar-refractivity contribution in [3.8, 4) is 5.75 Å². The zero-order chi connectivity index (χ0) is 13.8. The molecule has 98 valence electrons. The number of aromatic carboxylic acids is 1. The molecule has 1 N–H and O–H groups in total. The Kier molecular flexibility index (Phi) is 3.85. The van der Waals surface area contributed by atoms with Crippen LogP contribution in [0.15, 0.2) is 42.5 Å². The smallest absolute Gasteiger partial charge is 0.336 e. The second kappa shape index (κ2) is 5.57. The highest BCUT2D eigenvalue weighted by Crippen LogP contribution is 2.17. The van der Waals surface area contributed by atoms with E-state index in [-0.39, 0.29) is 6.61 Å². The molecule has 0 bridgehead atoms. The number of carbonyl (C=O) groups is 1. The van der Waals surface area contributed by atoms with Crippen molar-refractivity contribution < 1.29 is 14.6 Å². The summed E-state index contributed by atoms with van der Waals surface area (Å²) in [7, 11) is 0. The van der Waals surface area contributed by atoms with Gasteiger partial charge in [-0.05, 0) is 37.6 Å². The summed E-state index contributed by atoms with van der Waals surface area (Å²) >= 11 is 0. The molecule has 0 unspecified atom stereocenters. The third kappa shape index (κ3) is 3.35. The predicted molar refractivity (Wildman–Crippen MR) is 73.6 cm³/mol. The van der Waals surface area contributed by atoms with E-state index in [0.29, 0.717) is 11.1 Å². The van der Waals surface area contributed by atoms with Crippen molar-refractivity contribution in [3.63, 3.8) is 0 Å². The molecule has 19 heavy (non-hydrogen) atoms. The van der Waals surface area contributed by atoms with Gasteiger partial charge in [-0.15, -0.1) is 0 Å². The zero-order valence-electron chi connectivity index (χ0n) is 11.0. The summed E-state index contributed by atoms with van der Waals surface area (Å²) in [6.45, 7) is 4.12. The summed E-state index contributed by atoms with van der Waals surface area (Å²) < 4.78 is 5.64. The lowest BCUT2D eigenvalue weighted by Gasteiger charge is -2.10. The molecule has 0 spiro atoms. The first-order valence-corrected chi connectivity index (χ1v) is 6.08. The number of hydrogen-bond acceptors (Lipinski definition) is 2. The lowest BCUT2D eigenvalue weighted by Crippen LogP contribution is -2.06. The summed E-state index contributed by atoms with van der Waals surface area (Å²) in [6.07, 6.45) is 0. The van der Waals surface area contributed by atoms with Crippen LogP contribution in [0.2, 0.25) is 0 Å². The number of carboxylic acid groups (broad SMARTS) is 1. The molecule has 0 saturated carbocycles. The van der Waals surface area contributed by atoms with Gasteiger partial charge in [-0.25, -0.2) is 4.79 Å². The molecule has 3 nitrogen and oxygen atoms in total. The molecular weight excluding hydrogens is 240 g/mol. The van der Waals surface area contributed by atoms with E-state index in [0.717, 1.165) is 16.9 Å². The Morgan fingerprint density at radius 3 is 2.53 bits per heavy atom. The van der Waals surface area contributed by atoms with Gasteiger partial charge >= 0.3 is 5.97 Å². The number of ether oxygens (including phenoxy) is 1. The monoisotopic (exact) mass is 256 g/mol. The molecule has 0 radical (unpaired) electrons. The Bertz CT molecular complexity index is 603. The van der Waals surface area contributed by atoms with E-state index >= 15 is 0 Å². The quantitative estimate of drug-likeness (QED) is 0.909. The molecule has 0 aliphatic rings. The van der Waals surface area contributed by atoms with Crippen molar-refractivity contribution in [1.29, 1.82) is 0 Å². The average molecular weight is 256 g/mol. The maximum absolute atomic E-state index is 11.2. The fraction of sp³-hybridized carbons (Fsp3) is 0.188. The van der Waals surface area contributed by atoms with Crippen LogP contribution in [-0.2, 0) is 6.61 Å². The van der Waals surface area contributed by atoms with Gasteiger partial charge in [-0.1, -0.05) is 29.8 Å². The van der Waals surface area contributed by atoms with Gasteiger partial charge < -0.3 is 9.84 Å². The maximum Gasteiger partial charge on any atom is 0.336 e. The Morgan fingerprint density at radius 2 is 1.84 bits per heavy atom. The minimum Gasteiger partial charge on any atom is -0.489 e. The minimum atomic E-state index is -0.924. The summed E-state index contributed by atoms with van der Waals surface area (Å²) in [5.41, 5.74) is 3.02. The second-order valence-corrected chi connectivity index (χ2v) is 4.57. The topological polar surface area (TPSA) is 46.5 Å². The Hall–Kier alpha value is -2.29. The standard InChI is InChI=1S/C16H16O3/c1-11-4-3-5-14(8-11)19-10-13-7-6-12(2)9-15(13)16(17)18/h3-9H,10H2,1-2H3,(H,17,18). The first-order chi connectivity index (χ1) is 9.06. The molecule has 0 aliphatic heterocycles. The van der Waals surface area contributed by atoms with Crippen molar-refractivity contribution in [1.82, 2.24) is 0 Å². The van der Waals surface area contributed by atoms with Crippen LogP contribution in [0.4, 0.5) is 0 Å². The third-order valence-corrected chi connectivity index (χ3v) is 2.88. The summed E-state index contributed by atoms with van der Waals surface area (Å²) in [6, 6.07) is 13.0. The highest BCUT2D eigenvalue weighted by atomic mass is 16.5. The number of rotatable bonds is 4. The van der Waals surface area contributed by atoms with E-state index < -0.39 is 5.97 Å². The highest BCUT2D eigenvalue weighted by molar-refractivity contribution is 5.89. The molecule has 3 heteroatoms. The molecule has 0 atom stereocenters. The summed E-state index contributed by atoms with van der Waals surface area (Å²) in [5.74, 6) is -0.177. The maximum atomic E-state index is 11.2. The van der Waals surface area contributed by atoms with Crippen LogP contribution >= 0.6 is 0 Å². The van der Waals surface area contributed by atoms with Gasteiger partial charge in [-0.2, -0.15) is 0 Å². The molecule has 0 aromatic heterocycles. The van der Waals surface area contributed by atoms with Crippen LogP contribution in [0.25, 0.3) is 0 Å². The average Bonchev–Trinajstić information content (AvgIpc) is 2.37. The SMILES string of the molecule is Cc1cccc(OCc2ccc(C)cc2C(=O)O)c1. The molecule has 0 fully saturated rings. The van der Waals surface area contributed by atoms with E-state index in [1.807, 2.05) is 44.2 Å². The molecule has 0 aliphatic carbocycles. The van der Waals surface area contributed by atoms with E-state index in [9.17, 15) is 9.90 Å². The number of hydrogen-bond donors (Lipinski definition) is 1. The number of aryl methyl sites for hydroxylation is 2. The molecule has 2 aromatic carbocycles. The number of carboxylic acids is 1. The minimum absolute atomic E-state index is 0.255. The first kappa shape index (κ1) is 13.1. The van der Waals surface area contributed by atoms with E-state index in [1.54, 1.807) is 12.1 Å². The molecule has 2 rings (SSSR count). The fourth-order valence-electron chi connectivity index (χ4n) is 1.88. The van der Waals surface area contributed by atoms with Crippen LogP contribution < -0.4 is 4.74 Å². The van der Waals surface area contributed by atoms with Crippen molar-refractivity contribution in [2.45, 2.75) is 20.5 Å². The van der Waals surface area contributed by atoms with Gasteiger partial charge in [0.1, 0.15) is 12.4 Å². The van der Waals surface area contributed by atoms with E-state index in [1.165, 1.54) is 0 Å². The highest BCUT2D eigenvalue weighted by Gasteiger charge is 2.10. The van der Waals surface area contributed by atoms with Gasteiger partial charge in [0.15, 0.2) is 0 Å².